The van der Waals surface area contributed by atoms with Gasteiger partial charge in [-0.15, -0.1) is 0 Å². The van der Waals surface area contributed by atoms with Crippen molar-refractivity contribution in [3.63, 3.8) is 0 Å². The van der Waals surface area contributed by atoms with E-state index >= 15 is 0 Å². The van der Waals surface area contributed by atoms with Gasteiger partial charge >= 0.3 is 12.1 Å². The maximum absolute atomic E-state index is 13.3. The number of halogens is 3. The molecule has 0 aliphatic carbocycles. The Labute approximate surface area is 152 Å². The van der Waals surface area contributed by atoms with Gasteiger partial charge in [0.25, 0.3) is 5.56 Å². The number of benzene rings is 2. The molecule has 0 spiro atoms. The number of esters is 1. The SMILES string of the molecule is Cc1ccc([C@@H](OC(=O)Cn2cnc3ccccc3c2=O)C(F)(F)F)cc1. The molecule has 1 heterocycles. The van der Waals surface area contributed by atoms with Crippen molar-refractivity contribution >= 4 is 16.9 Å². The number of fused-ring (bicyclic) bond motifs is 1. The number of carbonyl (C=O) groups is 1. The standard InChI is InChI=1S/C19H15F3N2O3/c1-12-6-8-13(9-7-12)17(19(20,21)22)27-16(25)10-24-11-23-15-5-3-2-4-14(15)18(24)26/h2-9,11,17H,10H2,1H3/t17-/m1/s1. The summed E-state index contributed by atoms with van der Waals surface area (Å²) < 4.78 is 45.6. The monoisotopic (exact) mass is 376 g/mol. The van der Waals surface area contributed by atoms with E-state index in [2.05, 4.69) is 9.72 Å². The molecular formula is C19H15F3N2O3. The molecule has 3 aromatic rings. The molecule has 0 aliphatic heterocycles. The molecular weight excluding hydrogens is 361 g/mol. The Morgan fingerprint density at radius 2 is 1.81 bits per heavy atom. The van der Waals surface area contributed by atoms with Crippen LogP contribution in [0.25, 0.3) is 10.9 Å². The molecule has 1 aromatic heterocycles. The summed E-state index contributed by atoms with van der Waals surface area (Å²) >= 11 is 0. The Kier molecular flexibility index (Phi) is 4.98. The van der Waals surface area contributed by atoms with Crippen molar-refractivity contribution in [1.82, 2.24) is 9.55 Å². The number of aryl methyl sites for hydroxylation is 1. The summed E-state index contributed by atoms with van der Waals surface area (Å²) in [6.07, 6.45) is -6.08. The number of alkyl halides is 3. The topological polar surface area (TPSA) is 61.2 Å². The third-order valence-corrected chi connectivity index (χ3v) is 3.96. The summed E-state index contributed by atoms with van der Waals surface area (Å²) in [5.74, 6) is -1.18. The van der Waals surface area contributed by atoms with Gasteiger partial charge in [-0.25, -0.2) is 4.98 Å². The van der Waals surface area contributed by atoms with E-state index in [1.54, 1.807) is 25.1 Å². The van der Waals surface area contributed by atoms with Gasteiger partial charge in [0, 0.05) is 5.56 Å². The van der Waals surface area contributed by atoms with Crippen LogP contribution in [0.15, 0.2) is 59.7 Å². The molecule has 5 nitrogen and oxygen atoms in total. The summed E-state index contributed by atoms with van der Waals surface area (Å²) in [4.78, 5) is 28.5. The maximum atomic E-state index is 13.3. The zero-order chi connectivity index (χ0) is 19.6. The van der Waals surface area contributed by atoms with E-state index in [-0.39, 0.29) is 10.9 Å². The van der Waals surface area contributed by atoms with Crippen LogP contribution in [0.1, 0.15) is 17.2 Å². The number of carbonyl (C=O) groups excluding carboxylic acids is 1. The van der Waals surface area contributed by atoms with Gasteiger partial charge in [-0.3, -0.25) is 14.2 Å². The quantitative estimate of drug-likeness (QED) is 0.654. The lowest BCUT2D eigenvalue weighted by Crippen LogP contribution is -2.30. The highest BCUT2D eigenvalue weighted by atomic mass is 19.4. The third-order valence-electron chi connectivity index (χ3n) is 3.96. The highest BCUT2D eigenvalue weighted by molar-refractivity contribution is 5.77. The molecule has 140 valence electrons. The second-order valence-electron chi connectivity index (χ2n) is 6.02. The van der Waals surface area contributed by atoms with E-state index in [0.29, 0.717) is 5.52 Å². The minimum absolute atomic E-state index is 0.189. The van der Waals surface area contributed by atoms with Gasteiger partial charge in [0.2, 0.25) is 6.10 Å². The number of hydrogen-bond acceptors (Lipinski definition) is 4. The zero-order valence-corrected chi connectivity index (χ0v) is 14.2. The van der Waals surface area contributed by atoms with E-state index in [1.807, 2.05) is 0 Å². The predicted molar refractivity (Wildman–Crippen MR) is 92.1 cm³/mol. The van der Waals surface area contributed by atoms with Crippen molar-refractivity contribution < 1.29 is 22.7 Å². The fourth-order valence-corrected chi connectivity index (χ4v) is 2.59. The molecule has 0 radical (unpaired) electrons. The fourth-order valence-electron chi connectivity index (χ4n) is 2.59. The lowest BCUT2D eigenvalue weighted by atomic mass is 10.1. The number of ether oxygens (including phenoxy) is 1. The Morgan fingerprint density at radius 3 is 2.48 bits per heavy atom. The average molecular weight is 376 g/mol. The van der Waals surface area contributed by atoms with Crippen molar-refractivity contribution in [2.45, 2.75) is 25.7 Å². The molecule has 2 aromatic carbocycles. The summed E-state index contributed by atoms with van der Waals surface area (Å²) in [7, 11) is 0. The minimum Gasteiger partial charge on any atom is -0.446 e. The molecule has 8 heteroatoms. The summed E-state index contributed by atoms with van der Waals surface area (Å²) in [5.41, 5.74) is 0.488. The van der Waals surface area contributed by atoms with Crippen LogP contribution < -0.4 is 5.56 Å². The molecule has 0 N–H and O–H groups in total. The zero-order valence-electron chi connectivity index (χ0n) is 14.2. The number of para-hydroxylation sites is 1. The second kappa shape index (κ2) is 7.22. The highest BCUT2D eigenvalue weighted by Crippen LogP contribution is 2.36. The number of hydrogen-bond donors (Lipinski definition) is 0. The van der Waals surface area contributed by atoms with Crippen LogP contribution in [0.4, 0.5) is 13.2 Å². The van der Waals surface area contributed by atoms with E-state index in [0.717, 1.165) is 16.5 Å². The largest absolute Gasteiger partial charge is 0.446 e. The van der Waals surface area contributed by atoms with Crippen LogP contribution in [0, 0.1) is 6.92 Å². The van der Waals surface area contributed by atoms with Crippen LogP contribution in [0.2, 0.25) is 0 Å². The molecule has 0 saturated carbocycles. The van der Waals surface area contributed by atoms with Gasteiger partial charge in [-0.05, 0) is 19.1 Å². The van der Waals surface area contributed by atoms with Crippen LogP contribution in [-0.4, -0.2) is 21.7 Å². The molecule has 1 atom stereocenters. The molecule has 0 bridgehead atoms. The van der Waals surface area contributed by atoms with Gasteiger partial charge in [0.15, 0.2) is 0 Å². The van der Waals surface area contributed by atoms with Crippen LogP contribution in [0.3, 0.4) is 0 Å². The van der Waals surface area contributed by atoms with Crippen LogP contribution in [-0.2, 0) is 16.1 Å². The molecule has 3 rings (SSSR count). The Bertz CT molecular complexity index is 1030. The maximum Gasteiger partial charge on any atom is 0.429 e. The summed E-state index contributed by atoms with van der Waals surface area (Å²) in [6.45, 7) is 1.06. The van der Waals surface area contributed by atoms with Crippen molar-refractivity contribution in [1.29, 1.82) is 0 Å². The first-order valence-electron chi connectivity index (χ1n) is 8.02. The van der Waals surface area contributed by atoms with Crippen molar-refractivity contribution in [2.75, 3.05) is 0 Å². The van der Waals surface area contributed by atoms with E-state index < -0.39 is 30.4 Å². The highest BCUT2D eigenvalue weighted by Gasteiger charge is 2.44. The van der Waals surface area contributed by atoms with Crippen molar-refractivity contribution in [2.24, 2.45) is 0 Å². The van der Waals surface area contributed by atoms with Gasteiger partial charge in [0.1, 0.15) is 6.54 Å². The molecule has 0 saturated heterocycles. The molecule has 27 heavy (non-hydrogen) atoms. The van der Waals surface area contributed by atoms with Gasteiger partial charge in [-0.1, -0.05) is 42.0 Å². The summed E-state index contributed by atoms with van der Waals surface area (Å²) in [6, 6.07) is 12.0. The van der Waals surface area contributed by atoms with Crippen molar-refractivity contribution in [3.05, 3.63) is 76.3 Å². The van der Waals surface area contributed by atoms with E-state index in [4.69, 9.17) is 0 Å². The Morgan fingerprint density at radius 1 is 1.15 bits per heavy atom. The first kappa shape index (κ1) is 18.6. The molecule has 0 aliphatic rings. The number of rotatable bonds is 4. The lowest BCUT2D eigenvalue weighted by molar-refractivity contribution is -0.224. The Hall–Kier alpha value is -3.16. The minimum atomic E-state index is -4.78. The average Bonchev–Trinajstić information content (AvgIpc) is 2.62. The third kappa shape index (κ3) is 4.16. The lowest BCUT2D eigenvalue weighted by Gasteiger charge is -2.21. The molecule has 0 fully saturated rings. The fraction of sp³-hybridized carbons (Fsp3) is 0.211. The first-order valence-corrected chi connectivity index (χ1v) is 8.02. The normalized spacial score (nSPS) is 12.7. The van der Waals surface area contributed by atoms with Crippen LogP contribution >= 0.6 is 0 Å². The second-order valence-corrected chi connectivity index (χ2v) is 6.02. The van der Waals surface area contributed by atoms with Gasteiger partial charge in [0.05, 0.1) is 17.2 Å². The smallest absolute Gasteiger partial charge is 0.429 e. The number of nitrogens with zero attached hydrogens (tertiary/aromatic N) is 2. The molecule has 0 amide bonds. The van der Waals surface area contributed by atoms with Gasteiger partial charge < -0.3 is 4.74 Å². The van der Waals surface area contributed by atoms with E-state index in [9.17, 15) is 22.8 Å². The van der Waals surface area contributed by atoms with Crippen molar-refractivity contribution in [3.8, 4) is 0 Å². The van der Waals surface area contributed by atoms with Gasteiger partial charge in [-0.2, -0.15) is 13.2 Å². The first-order chi connectivity index (χ1) is 12.8. The summed E-state index contributed by atoms with van der Waals surface area (Å²) in [5, 5.41) is 0.263. The number of aromatic nitrogens is 2. The van der Waals surface area contributed by atoms with E-state index in [1.165, 1.54) is 30.3 Å². The Balaban J connectivity index is 1.84. The predicted octanol–water partition coefficient (Wildman–Crippen LogP) is 3.55. The van der Waals surface area contributed by atoms with Crippen LogP contribution in [0.5, 0.6) is 0 Å². The molecule has 0 unspecified atom stereocenters.